The van der Waals surface area contributed by atoms with Gasteiger partial charge in [0.2, 0.25) is 0 Å². The molecule has 0 radical (unpaired) electrons. The minimum absolute atomic E-state index is 0.262. The van der Waals surface area contributed by atoms with Crippen molar-refractivity contribution in [3.05, 3.63) is 12.7 Å². The van der Waals surface area contributed by atoms with E-state index in [1.165, 1.54) is 19.3 Å². The van der Waals surface area contributed by atoms with Crippen LogP contribution in [0.3, 0.4) is 0 Å². The first kappa shape index (κ1) is 18.1. The Kier molecular flexibility index (Phi) is 12.9. The topological polar surface area (TPSA) is 44.8 Å². The summed E-state index contributed by atoms with van der Waals surface area (Å²) >= 11 is 0. The number of unbranched alkanes of at least 4 members (excludes halogenated alkanes) is 2. The van der Waals surface area contributed by atoms with Crippen LogP contribution < -0.4 is 0 Å². The van der Waals surface area contributed by atoms with Gasteiger partial charge in [0.15, 0.2) is 0 Å². The number of esters is 1. The van der Waals surface area contributed by atoms with Gasteiger partial charge in [-0.1, -0.05) is 39.7 Å². The summed E-state index contributed by atoms with van der Waals surface area (Å²) in [6.45, 7) is 9.46. The molecule has 0 bridgehead atoms. The van der Waals surface area contributed by atoms with Gasteiger partial charge in [-0.05, 0) is 12.8 Å². The number of carbonyl (C=O) groups excluding carboxylic acids is 1. The van der Waals surface area contributed by atoms with Gasteiger partial charge < -0.3 is 14.2 Å². The third kappa shape index (κ3) is 11.9. The van der Waals surface area contributed by atoms with E-state index < -0.39 is 5.97 Å². The molecule has 0 saturated heterocycles. The molecule has 112 valence electrons. The second-order valence-corrected chi connectivity index (χ2v) is 4.38. The van der Waals surface area contributed by atoms with Crippen molar-refractivity contribution in [1.29, 1.82) is 0 Å². The molecule has 0 rings (SSSR count). The lowest BCUT2D eigenvalue weighted by molar-refractivity contribution is -0.139. The quantitative estimate of drug-likeness (QED) is 0.293. The van der Waals surface area contributed by atoms with Crippen LogP contribution in [0, 0.1) is 0 Å². The fourth-order valence-electron chi connectivity index (χ4n) is 1.66. The summed E-state index contributed by atoms with van der Waals surface area (Å²) in [6, 6.07) is 0. The highest BCUT2D eigenvalue weighted by Gasteiger charge is 2.05. The predicted molar refractivity (Wildman–Crippen MR) is 76.1 cm³/mol. The van der Waals surface area contributed by atoms with Gasteiger partial charge in [0.25, 0.3) is 0 Å². The third-order valence-electron chi connectivity index (χ3n) is 2.80. The number of hydrogen-bond donors (Lipinski definition) is 0. The molecule has 0 N–H and O–H groups in total. The molecule has 0 spiro atoms. The number of ether oxygens (including phenoxy) is 3. The van der Waals surface area contributed by atoms with Crippen molar-refractivity contribution in [2.24, 2.45) is 0 Å². The Morgan fingerprint density at radius 3 is 2.53 bits per heavy atom. The van der Waals surface area contributed by atoms with Gasteiger partial charge in [-0.2, -0.15) is 0 Å². The van der Waals surface area contributed by atoms with E-state index in [-0.39, 0.29) is 6.61 Å². The minimum atomic E-state index is -0.415. The van der Waals surface area contributed by atoms with Crippen molar-refractivity contribution in [1.82, 2.24) is 0 Å². The zero-order valence-corrected chi connectivity index (χ0v) is 12.4. The smallest absolute Gasteiger partial charge is 0.330 e. The van der Waals surface area contributed by atoms with Crippen molar-refractivity contribution in [2.75, 3.05) is 26.4 Å². The lowest BCUT2D eigenvalue weighted by Crippen LogP contribution is -2.17. The maximum absolute atomic E-state index is 10.7. The highest BCUT2D eigenvalue weighted by molar-refractivity contribution is 5.81. The lowest BCUT2D eigenvalue weighted by Gasteiger charge is -2.15. The first-order valence-electron chi connectivity index (χ1n) is 7.23. The normalized spacial score (nSPS) is 12.1. The molecular weight excluding hydrogens is 244 g/mol. The molecule has 0 aromatic heterocycles. The molecule has 0 aromatic rings. The molecule has 0 aliphatic heterocycles. The van der Waals surface area contributed by atoms with Crippen molar-refractivity contribution in [2.45, 2.75) is 52.1 Å². The van der Waals surface area contributed by atoms with E-state index in [4.69, 9.17) is 14.2 Å². The van der Waals surface area contributed by atoms with Crippen molar-refractivity contribution in [3.63, 3.8) is 0 Å². The van der Waals surface area contributed by atoms with Gasteiger partial charge in [0.05, 0.1) is 25.9 Å². The van der Waals surface area contributed by atoms with Crippen molar-refractivity contribution < 1.29 is 19.0 Å². The zero-order valence-electron chi connectivity index (χ0n) is 12.4. The van der Waals surface area contributed by atoms with Gasteiger partial charge in [-0.25, -0.2) is 4.79 Å². The molecular formula is C15H28O4. The van der Waals surface area contributed by atoms with E-state index in [1.807, 2.05) is 0 Å². The fraction of sp³-hybridized carbons (Fsp3) is 0.800. The summed E-state index contributed by atoms with van der Waals surface area (Å²) in [5, 5.41) is 0. The Hall–Kier alpha value is -0.870. The fourth-order valence-corrected chi connectivity index (χ4v) is 1.66. The highest BCUT2D eigenvalue weighted by Crippen LogP contribution is 2.09. The highest BCUT2D eigenvalue weighted by atomic mass is 16.6. The Bertz CT molecular complexity index is 228. The van der Waals surface area contributed by atoms with E-state index in [1.54, 1.807) is 0 Å². The molecule has 4 heteroatoms. The van der Waals surface area contributed by atoms with E-state index in [2.05, 4.69) is 20.4 Å². The van der Waals surface area contributed by atoms with Gasteiger partial charge in [-0.15, -0.1) is 0 Å². The summed E-state index contributed by atoms with van der Waals surface area (Å²) in [7, 11) is 0. The molecule has 0 fully saturated rings. The SMILES string of the molecule is C=CC(=O)OCCOCCOC(CC)CCCCC. The van der Waals surface area contributed by atoms with Crippen LogP contribution in [0.1, 0.15) is 46.0 Å². The van der Waals surface area contributed by atoms with Crippen LogP contribution in [0.5, 0.6) is 0 Å². The third-order valence-corrected chi connectivity index (χ3v) is 2.80. The molecule has 4 nitrogen and oxygen atoms in total. The maximum Gasteiger partial charge on any atom is 0.330 e. The Morgan fingerprint density at radius 2 is 1.89 bits per heavy atom. The Labute approximate surface area is 117 Å². The second kappa shape index (κ2) is 13.6. The molecule has 0 saturated carbocycles. The van der Waals surface area contributed by atoms with Crippen LogP contribution in [0.15, 0.2) is 12.7 Å². The number of carbonyl (C=O) groups is 1. The van der Waals surface area contributed by atoms with Gasteiger partial charge in [0, 0.05) is 6.08 Å². The first-order chi connectivity index (χ1) is 9.24. The van der Waals surface area contributed by atoms with Crippen LogP contribution >= 0.6 is 0 Å². The summed E-state index contributed by atoms with van der Waals surface area (Å²) in [5.41, 5.74) is 0. The molecule has 0 heterocycles. The first-order valence-corrected chi connectivity index (χ1v) is 7.23. The molecule has 1 unspecified atom stereocenters. The molecule has 0 aliphatic rings. The van der Waals surface area contributed by atoms with Crippen LogP contribution in [0.2, 0.25) is 0 Å². The molecule has 19 heavy (non-hydrogen) atoms. The van der Waals surface area contributed by atoms with E-state index in [0.717, 1.165) is 18.9 Å². The Balaban J connectivity index is 3.35. The van der Waals surface area contributed by atoms with E-state index in [0.29, 0.717) is 25.9 Å². The van der Waals surface area contributed by atoms with Gasteiger partial charge in [0.1, 0.15) is 6.61 Å². The van der Waals surface area contributed by atoms with Crippen molar-refractivity contribution in [3.8, 4) is 0 Å². The molecule has 0 amide bonds. The van der Waals surface area contributed by atoms with Gasteiger partial charge in [-0.3, -0.25) is 0 Å². The van der Waals surface area contributed by atoms with Crippen LogP contribution in [0.4, 0.5) is 0 Å². The molecule has 1 atom stereocenters. The monoisotopic (exact) mass is 272 g/mol. The molecule has 0 aromatic carbocycles. The minimum Gasteiger partial charge on any atom is -0.460 e. The maximum atomic E-state index is 10.7. The summed E-state index contributed by atoms with van der Waals surface area (Å²) < 4.78 is 15.8. The Morgan fingerprint density at radius 1 is 1.16 bits per heavy atom. The lowest BCUT2D eigenvalue weighted by atomic mass is 10.1. The predicted octanol–water partition coefficient (Wildman–Crippen LogP) is 3.11. The summed E-state index contributed by atoms with van der Waals surface area (Å²) in [5.74, 6) is -0.415. The average Bonchev–Trinajstić information content (AvgIpc) is 2.44. The molecule has 0 aliphatic carbocycles. The van der Waals surface area contributed by atoms with Crippen LogP contribution in [-0.4, -0.2) is 38.5 Å². The van der Waals surface area contributed by atoms with Crippen LogP contribution in [0.25, 0.3) is 0 Å². The summed E-state index contributed by atoms with van der Waals surface area (Å²) in [6.07, 6.45) is 7.39. The number of rotatable bonds is 13. The van der Waals surface area contributed by atoms with E-state index >= 15 is 0 Å². The standard InChI is InChI=1S/C15H28O4/c1-4-7-8-9-14(5-2)18-12-10-17-11-13-19-15(16)6-3/h6,14H,3-5,7-13H2,1-2H3. The summed E-state index contributed by atoms with van der Waals surface area (Å²) in [4.78, 5) is 10.7. The average molecular weight is 272 g/mol. The zero-order chi connectivity index (χ0) is 14.3. The van der Waals surface area contributed by atoms with Crippen LogP contribution in [-0.2, 0) is 19.0 Å². The number of hydrogen-bond acceptors (Lipinski definition) is 4. The van der Waals surface area contributed by atoms with Crippen molar-refractivity contribution >= 4 is 5.97 Å². The van der Waals surface area contributed by atoms with E-state index in [9.17, 15) is 4.79 Å². The largest absolute Gasteiger partial charge is 0.460 e. The van der Waals surface area contributed by atoms with Gasteiger partial charge >= 0.3 is 5.97 Å². The second-order valence-electron chi connectivity index (χ2n) is 4.38.